The van der Waals surface area contributed by atoms with Crippen LogP contribution in [0, 0.1) is 17.7 Å². The van der Waals surface area contributed by atoms with Gasteiger partial charge in [-0.3, -0.25) is 4.79 Å². The molecule has 2 aliphatic rings. The van der Waals surface area contributed by atoms with E-state index in [1.54, 1.807) is 30.3 Å². The summed E-state index contributed by atoms with van der Waals surface area (Å²) in [6.07, 6.45) is 6.25. The molecule has 24 heavy (non-hydrogen) atoms. The highest BCUT2D eigenvalue weighted by molar-refractivity contribution is 5.92. The van der Waals surface area contributed by atoms with Crippen molar-refractivity contribution in [3.05, 3.63) is 48.0 Å². The third kappa shape index (κ3) is 2.85. The van der Waals surface area contributed by atoms with Gasteiger partial charge >= 0.3 is 0 Å². The molecule has 0 radical (unpaired) electrons. The number of rotatable bonds is 2. The average Bonchev–Trinajstić information content (AvgIpc) is 3.11. The van der Waals surface area contributed by atoms with Crippen LogP contribution in [-0.2, 0) is 0 Å². The Morgan fingerprint density at radius 3 is 2.67 bits per heavy atom. The fraction of sp³-hybridized carbons (Fsp3) is 0.450. The number of carbonyl (C=O) groups is 1. The van der Waals surface area contributed by atoms with Crippen molar-refractivity contribution in [1.29, 1.82) is 0 Å². The molecule has 2 fully saturated rings. The van der Waals surface area contributed by atoms with Crippen LogP contribution >= 0.6 is 0 Å². The summed E-state index contributed by atoms with van der Waals surface area (Å²) < 4.78 is 19.5. The zero-order valence-electron chi connectivity index (χ0n) is 13.7. The molecule has 4 heteroatoms. The summed E-state index contributed by atoms with van der Waals surface area (Å²) in [5.74, 6) is 1.73. The van der Waals surface area contributed by atoms with Crippen LogP contribution in [0.1, 0.15) is 42.7 Å². The second-order valence-electron chi connectivity index (χ2n) is 6.99. The van der Waals surface area contributed by atoms with Crippen LogP contribution in [0.15, 0.2) is 40.8 Å². The van der Waals surface area contributed by atoms with Crippen LogP contribution in [0.3, 0.4) is 0 Å². The number of piperidine rings is 1. The molecule has 1 saturated carbocycles. The molecule has 1 aliphatic carbocycles. The Morgan fingerprint density at radius 1 is 1.04 bits per heavy atom. The summed E-state index contributed by atoms with van der Waals surface area (Å²) in [5.41, 5.74) is 0.391. The second-order valence-corrected chi connectivity index (χ2v) is 6.99. The lowest BCUT2D eigenvalue weighted by molar-refractivity contribution is 0.0493. The van der Waals surface area contributed by atoms with Crippen molar-refractivity contribution in [3.63, 3.8) is 0 Å². The van der Waals surface area contributed by atoms with E-state index in [4.69, 9.17) is 4.42 Å². The van der Waals surface area contributed by atoms with Crippen LogP contribution in [0.5, 0.6) is 0 Å². The second kappa shape index (κ2) is 6.42. The largest absolute Gasteiger partial charge is 0.451 e. The van der Waals surface area contributed by atoms with Crippen LogP contribution in [0.4, 0.5) is 4.39 Å². The van der Waals surface area contributed by atoms with Gasteiger partial charge in [-0.2, -0.15) is 0 Å². The summed E-state index contributed by atoms with van der Waals surface area (Å²) in [6.45, 7) is 1.63. The van der Waals surface area contributed by atoms with Gasteiger partial charge in [-0.1, -0.05) is 31.4 Å². The van der Waals surface area contributed by atoms with Gasteiger partial charge in [0.05, 0.1) is 5.56 Å². The first-order valence-corrected chi connectivity index (χ1v) is 8.86. The summed E-state index contributed by atoms with van der Waals surface area (Å²) in [5, 5.41) is 0. The molecule has 1 saturated heterocycles. The molecule has 1 aromatic heterocycles. The topological polar surface area (TPSA) is 33.5 Å². The molecular weight excluding hydrogens is 305 g/mol. The number of furan rings is 1. The van der Waals surface area contributed by atoms with Gasteiger partial charge in [-0.05, 0) is 48.9 Å². The number of benzene rings is 1. The van der Waals surface area contributed by atoms with Gasteiger partial charge in [0.15, 0.2) is 5.76 Å². The number of hydrogen-bond donors (Lipinski definition) is 0. The number of amides is 1. The highest BCUT2D eigenvalue weighted by Gasteiger charge is 2.34. The van der Waals surface area contributed by atoms with Crippen LogP contribution in [0.2, 0.25) is 0 Å². The van der Waals surface area contributed by atoms with Crippen molar-refractivity contribution in [2.75, 3.05) is 13.1 Å². The Morgan fingerprint density at radius 2 is 1.83 bits per heavy atom. The van der Waals surface area contributed by atoms with E-state index >= 15 is 0 Å². The lowest BCUT2D eigenvalue weighted by Crippen LogP contribution is -2.44. The van der Waals surface area contributed by atoms with Crippen molar-refractivity contribution >= 4 is 5.91 Å². The fourth-order valence-corrected chi connectivity index (χ4v) is 4.20. The Labute approximate surface area is 141 Å². The Bertz CT molecular complexity index is 739. The smallest absolute Gasteiger partial charge is 0.289 e. The van der Waals surface area contributed by atoms with E-state index in [1.807, 2.05) is 4.90 Å². The molecule has 0 unspecified atom stereocenters. The van der Waals surface area contributed by atoms with E-state index in [0.29, 0.717) is 23.0 Å². The summed E-state index contributed by atoms with van der Waals surface area (Å²) >= 11 is 0. The number of fused-ring (bicyclic) bond motifs is 1. The third-order valence-electron chi connectivity index (χ3n) is 5.53. The fourth-order valence-electron chi connectivity index (χ4n) is 4.20. The standard InChI is InChI=1S/C20H22FNO2/c21-17-8-4-3-7-16(17)18-9-10-19(24-18)20(23)22-12-11-14-5-1-2-6-15(14)13-22/h3-4,7-10,14-15H,1-2,5-6,11-13H2/t14-,15+/m1/s1. The minimum absolute atomic E-state index is 0.0680. The Balaban J connectivity index is 1.50. The zero-order chi connectivity index (χ0) is 16.5. The van der Waals surface area contributed by atoms with Gasteiger partial charge in [-0.25, -0.2) is 4.39 Å². The van der Waals surface area contributed by atoms with Gasteiger partial charge in [0.25, 0.3) is 5.91 Å². The maximum Gasteiger partial charge on any atom is 0.289 e. The van der Waals surface area contributed by atoms with E-state index < -0.39 is 0 Å². The van der Waals surface area contributed by atoms with Crippen molar-refractivity contribution in [3.8, 4) is 11.3 Å². The van der Waals surface area contributed by atoms with E-state index in [-0.39, 0.29) is 11.7 Å². The molecular formula is C20H22FNO2. The highest BCUT2D eigenvalue weighted by Crippen LogP contribution is 2.36. The van der Waals surface area contributed by atoms with Crippen molar-refractivity contribution in [2.24, 2.45) is 11.8 Å². The predicted molar refractivity (Wildman–Crippen MR) is 90.1 cm³/mol. The minimum atomic E-state index is -0.339. The first-order valence-electron chi connectivity index (χ1n) is 8.86. The van der Waals surface area contributed by atoms with E-state index in [0.717, 1.165) is 25.4 Å². The molecule has 2 aromatic rings. The minimum Gasteiger partial charge on any atom is -0.451 e. The maximum atomic E-state index is 13.9. The van der Waals surface area contributed by atoms with Crippen LogP contribution in [-0.4, -0.2) is 23.9 Å². The lowest BCUT2D eigenvalue weighted by Gasteiger charge is -2.41. The zero-order valence-corrected chi connectivity index (χ0v) is 13.7. The molecule has 3 nitrogen and oxygen atoms in total. The van der Waals surface area contributed by atoms with Crippen molar-refractivity contribution < 1.29 is 13.6 Å². The third-order valence-corrected chi connectivity index (χ3v) is 5.53. The molecule has 2 heterocycles. The predicted octanol–water partition coefficient (Wildman–Crippen LogP) is 4.74. The maximum absolute atomic E-state index is 13.9. The number of nitrogens with zero attached hydrogens (tertiary/aromatic N) is 1. The molecule has 4 rings (SSSR count). The first kappa shape index (κ1) is 15.4. The molecule has 0 N–H and O–H groups in total. The molecule has 1 amide bonds. The van der Waals surface area contributed by atoms with Gasteiger partial charge in [0, 0.05) is 13.1 Å². The van der Waals surface area contributed by atoms with E-state index in [2.05, 4.69) is 0 Å². The Kier molecular flexibility index (Phi) is 4.13. The van der Waals surface area contributed by atoms with Gasteiger partial charge in [0.2, 0.25) is 0 Å². The molecule has 1 aromatic carbocycles. The average molecular weight is 327 g/mol. The number of likely N-dealkylation sites (tertiary alicyclic amines) is 1. The molecule has 2 atom stereocenters. The quantitative estimate of drug-likeness (QED) is 0.798. The normalized spacial score (nSPS) is 23.8. The summed E-state index contributed by atoms with van der Waals surface area (Å²) in [4.78, 5) is 14.7. The lowest BCUT2D eigenvalue weighted by atomic mass is 9.75. The monoisotopic (exact) mass is 327 g/mol. The van der Waals surface area contributed by atoms with Gasteiger partial charge < -0.3 is 9.32 Å². The van der Waals surface area contributed by atoms with Crippen LogP contribution < -0.4 is 0 Å². The Hall–Kier alpha value is -2.10. The van der Waals surface area contributed by atoms with Gasteiger partial charge in [-0.15, -0.1) is 0 Å². The number of carbonyl (C=O) groups excluding carboxylic acids is 1. The first-order chi connectivity index (χ1) is 11.7. The molecule has 0 spiro atoms. The number of halogens is 1. The van der Waals surface area contributed by atoms with Crippen molar-refractivity contribution in [2.45, 2.75) is 32.1 Å². The molecule has 126 valence electrons. The van der Waals surface area contributed by atoms with Gasteiger partial charge in [0.1, 0.15) is 11.6 Å². The van der Waals surface area contributed by atoms with E-state index in [9.17, 15) is 9.18 Å². The summed E-state index contributed by atoms with van der Waals surface area (Å²) in [7, 11) is 0. The van der Waals surface area contributed by atoms with E-state index in [1.165, 1.54) is 31.7 Å². The number of hydrogen-bond acceptors (Lipinski definition) is 2. The highest BCUT2D eigenvalue weighted by atomic mass is 19.1. The summed E-state index contributed by atoms with van der Waals surface area (Å²) in [6, 6.07) is 9.80. The molecule has 0 bridgehead atoms. The van der Waals surface area contributed by atoms with Crippen molar-refractivity contribution in [1.82, 2.24) is 4.90 Å². The van der Waals surface area contributed by atoms with Crippen LogP contribution in [0.25, 0.3) is 11.3 Å². The molecule has 1 aliphatic heterocycles. The SMILES string of the molecule is O=C(c1ccc(-c2ccccc2F)o1)N1CC[C@H]2CCCC[C@H]2C1.